The van der Waals surface area contributed by atoms with Gasteiger partial charge in [0.25, 0.3) is 0 Å². The fourth-order valence-corrected chi connectivity index (χ4v) is 2.49. The van der Waals surface area contributed by atoms with Crippen molar-refractivity contribution in [1.82, 2.24) is 0 Å². The maximum Gasteiger partial charge on any atom is 0.416 e. The first kappa shape index (κ1) is 16.0. The van der Waals surface area contributed by atoms with Crippen LogP contribution in [0.5, 0.6) is 17.2 Å². The number of allylic oxidation sites excluding steroid dienone is 1. The molecular weight excluding hydrogens is 325 g/mol. The normalized spacial score (nSPS) is 14.2. The number of fused-ring (bicyclic) bond motifs is 1. The first-order valence-corrected chi connectivity index (χ1v) is 6.97. The van der Waals surface area contributed by atoms with Crippen LogP contribution < -0.4 is 4.74 Å². The quantitative estimate of drug-likeness (QED) is 0.867. The van der Waals surface area contributed by atoms with Crippen molar-refractivity contribution in [2.75, 3.05) is 7.11 Å². The van der Waals surface area contributed by atoms with Gasteiger partial charge in [0.2, 0.25) is 0 Å². The average molecular weight is 338 g/mol. The number of benzene rings is 2. The van der Waals surface area contributed by atoms with E-state index in [2.05, 4.69) is 0 Å². The molecule has 0 bridgehead atoms. The molecule has 0 spiro atoms. The van der Waals surface area contributed by atoms with E-state index in [0.717, 1.165) is 12.1 Å². The SMILES string of the molecule is COC1=C(c2ccc(C(F)(F)F)cc2)Oc2cc(O)cc(O)c2C1. The molecule has 126 valence electrons. The van der Waals surface area contributed by atoms with Crippen LogP contribution in [0.4, 0.5) is 13.2 Å². The topological polar surface area (TPSA) is 58.9 Å². The van der Waals surface area contributed by atoms with Crippen molar-refractivity contribution in [1.29, 1.82) is 0 Å². The third kappa shape index (κ3) is 2.84. The number of phenols is 2. The van der Waals surface area contributed by atoms with Crippen molar-refractivity contribution in [3.8, 4) is 17.2 Å². The Labute approximate surface area is 135 Å². The lowest BCUT2D eigenvalue weighted by Crippen LogP contribution is -2.12. The number of ether oxygens (including phenoxy) is 2. The number of phenolic OH excluding ortho intramolecular Hbond substituents is 2. The molecule has 1 aliphatic heterocycles. The van der Waals surface area contributed by atoms with Crippen molar-refractivity contribution in [3.05, 3.63) is 58.8 Å². The predicted molar refractivity (Wildman–Crippen MR) is 79.5 cm³/mol. The van der Waals surface area contributed by atoms with Crippen LogP contribution in [0.3, 0.4) is 0 Å². The molecule has 4 nitrogen and oxygen atoms in total. The third-order valence-electron chi connectivity index (χ3n) is 3.69. The predicted octanol–water partition coefficient (Wildman–Crippen LogP) is 4.07. The Kier molecular flexibility index (Phi) is 3.79. The first-order valence-electron chi connectivity index (χ1n) is 6.97. The number of alkyl halides is 3. The molecule has 0 radical (unpaired) electrons. The summed E-state index contributed by atoms with van der Waals surface area (Å²) in [4.78, 5) is 0. The highest BCUT2D eigenvalue weighted by molar-refractivity contribution is 5.69. The van der Waals surface area contributed by atoms with Gasteiger partial charge in [0.15, 0.2) is 5.76 Å². The molecule has 1 heterocycles. The summed E-state index contributed by atoms with van der Waals surface area (Å²) in [7, 11) is 1.41. The highest BCUT2D eigenvalue weighted by Gasteiger charge is 2.31. The number of rotatable bonds is 2. The minimum Gasteiger partial charge on any atom is -0.508 e. The maximum absolute atomic E-state index is 12.7. The second-order valence-electron chi connectivity index (χ2n) is 5.25. The Bertz CT molecular complexity index is 808. The number of halogens is 3. The Balaban J connectivity index is 2.02. The molecule has 0 saturated heterocycles. The monoisotopic (exact) mass is 338 g/mol. The van der Waals surface area contributed by atoms with Crippen LogP contribution in [0.1, 0.15) is 16.7 Å². The molecule has 0 unspecified atom stereocenters. The molecule has 2 aromatic carbocycles. The van der Waals surface area contributed by atoms with Crippen LogP contribution in [0.15, 0.2) is 42.2 Å². The highest BCUT2D eigenvalue weighted by atomic mass is 19.4. The lowest BCUT2D eigenvalue weighted by Gasteiger charge is -2.23. The Morgan fingerprint density at radius 2 is 1.75 bits per heavy atom. The second-order valence-corrected chi connectivity index (χ2v) is 5.25. The summed E-state index contributed by atoms with van der Waals surface area (Å²) in [6.07, 6.45) is -4.23. The van der Waals surface area contributed by atoms with Crippen molar-refractivity contribution in [2.24, 2.45) is 0 Å². The van der Waals surface area contributed by atoms with Crippen molar-refractivity contribution < 1.29 is 32.9 Å². The fourth-order valence-electron chi connectivity index (χ4n) is 2.49. The molecule has 1 aliphatic rings. The zero-order valence-corrected chi connectivity index (χ0v) is 12.5. The van der Waals surface area contributed by atoms with Gasteiger partial charge in [-0.25, -0.2) is 0 Å². The molecule has 0 saturated carbocycles. The van der Waals surface area contributed by atoms with E-state index in [0.29, 0.717) is 16.9 Å². The molecular formula is C17H13F3O4. The van der Waals surface area contributed by atoms with Gasteiger partial charge < -0.3 is 19.7 Å². The number of aromatic hydroxyl groups is 2. The lowest BCUT2D eigenvalue weighted by atomic mass is 10.0. The zero-order chi connectivity index (χ0) is 17.5. The van der Waals surface area contributed by atoms with Crippen molar-refractivity contribution >= 4 is 5.76 Å². The van der Waals surface area contributed by atoms with Crippen molar-refractivity contribution in [3.63, 3.8) is 0 Å². The molecule has 0 fully saturated rings. The van der Waals surface area contributed by atoms with Crippen molar-refractivity contribution in [2.45, 2.75) is 12.6 Å². The summed E-state index contributed by atoms with van der Waals surface area (Å²) in [6.45, 7) is 0. The fraction of sp³-hybridized carbons (Fsp3) is 0.176. The van der Waals surface area contributed by atoms with E-state index < -0.39 is 11.7 Å². The summed E-state index contributed by atoms with van der Waals surface area (Å²) < 4.78 is 48.9. The summed E-state index contributed by atoms with van der Waals surface area (Å²) in [6, 6.07) is 6.97. The van der Waals surface area contributed by atoms with E-state index in [1.165, 1.54) is 31.4 Å². The van der Waals surface area contributed by atoms with Gasteiger partial charge in [-0.1, -0.05) is 12.1 Å². The number of hydrogen-bond donors (Lipinski definition) is 2. The number of hydrogen-bond acceptors (Lipinski definition) is 4. The van der Waals surface area contributed by atoms with Gasteiger partial charge in [0, 0.05) is 29.7 Å². The van der Waals surface area contributed by atoms with E-state index in [4.69, 9.17) is 9.47 Å². The molecule has 0 aliphatic carbocycles. The van der Waals surface area contributed by atoms with Gasteiger partial charge in [0.1, 0.15) is 23.0 Å². The molecule has 2 N–H and O–H groups in total. The van der Waals surface area contributed by atoms with Crippen LogP contribution in [0.2, 0.25) is 0 Å². The summed E-state index contributed by atoms with van der Waals surface area (Å²) in [5, 5.41) is 19.5. The number of methoxy groups -OCH3 is 1. The molecule has 0 atom stereocenters. The van der Waals surface area contributed by atoms with Crippen LogP contribution >= 0.6 is 0 Å². The summed E-state index contributed by atoms with van der Waals surface area (Å²) in [5.41, 5.74) is 0.0611. The van der Waals surface area contributed by atoms with E-state index in [-0.39, 0.29) is 29.4 Å². The minimum atomic E-state index is -4.42. The third-order valence-corrected chi connectivity index (χ3v) is 3.69. The van der Waals surface area contributed by atoms with Crippen LogP contribution in [-0.2, 0) is 17.3 Å². The van der Waals surface area contributed by atoms with Gasteiger partial charge in [-0.05, 0) is 12.1 Å². The smallest absolute Gasteiger partial charge is 0.416 e. The van der Waals surface area contributed by atoms with Gasteiger partial charge in [-0.3, -0.25) is 0 Å². The average Bonchev–Trinajstić information content (AvgIpc) is 2.53. The maximum atomic E-state index is 12.7. The Morgan fingerprint density at radius 1 is 1.08 bits per heavy atom. The summed E-state index contributed by atoms with van der Waals surface area (Å²) in [5.74, 6) is 0.500. The lowest BCUT2D eigenvalue weighted by molar-refractivity contribution is -0.137. The van der Waals surface area contributed by atoms with E-state index in [1.54, 1.807) is 0 Å². The van der Waals surface area contributed by atoms with Crippen LogP contribution in [0.25, 0.3) is 5.76 Å². The largest absolute Gasteiger partial charge is 0.508 e. The van der Waals surface area contributed by atoms with Gasteiger partial charge >= 0.3 is 6.18 Å². The first-order chi connectivity index (χ1) is 11.3. The molecule has 3 rings (SSSR count). The zero-order valence-electron chi connectivity index (χ0n) is 12.5. The standard InChI is InChI=1S/C17H13F3O4/c1-23-15-8-12-13(22)6-11(21)7-14(12)24-16(15)9-2-4-10(5-3-9)17(18,19)20/h2-7,21-22H,8H2,1H3. The molecule has 7 heteroatoms. The minimum absolute atomic E-state index is 0.147. The Hall–Kier alpha value is -2.83. The molecule has 0 aromatic heterocycles. The van der Waals surface area contributed by atoms with Gasteiger partial charge in [0.05, 0.1) is 12.7 Å². The van der Waals surface area contributed by atoms with E-state index >= 15 is 0 Å². The van der Waals surface area contributed by atoms with Gasteiger partial charge in [-0.2, -0.15) is 13.2 Å². The second kappa shape index (κ2) is 5.67. The molecule has 24 heavy (non-hydrogen) atoms. The van der Waals surface area contributed by atoms with Gasteiger partial charge in [-0.15, -0.1) is 0 Å². The van der Waals surface area contributed by atoms with E-state index in [1.807, 2.05) is 0 Å². The Morgan fingerprint density at radius 3 is 2.33 bits per heavy atom. The molecule has 0 amide bonds. The summed E-state index contributed by atoms with van der Waals surface area (Å²) >= 11 is 0. The highest BCUT2D eigenvalue weighted by Crippen LogP contribution is 2.42. The van der Waals surface area contributed by atoms with Crippen LogP contribution in [-0.4, -0.2) is 17.3 Å². The van der Waals surface area contributed by atoms with Crippen LogP contribution in [0, 0.1) is 0 Å². The van der Waals surface area contributed by atoms with E-state index in [9.17, 15) is 23.4 Å². The molecule has 2 aromatic rings.